The second kappa shape index (κ2) is 6.36. The summed E-state index contributed by atoms with van der Waals surface area (Å²) in [4.78, 5) is 17.0. The van der Waals surface area contributed by atoms with E-state index in [1.165, 1.54) is 14.2 Å². The Morgan fingerprint density at radius 3 is 2.35 bits per heavy atom. The minimum atomic E-state index is -0.296. The van der Waals surface area contributed by atoms with Crippen LogP contribution in [0.4, 0.5) is 5.69 Å². The Balaban J connectivity index is 2.02. The van der Waals surface area contributed by atoms with Crippen molar-refractivity contribution >= 4 is 22.5 Å². The Morgan fingerprint density at radius 1 is 0.957 bits per heavy atom. The minimum Gasteiger partial charge on any atom is -0.496 e. The SMILES string of the molecule is COc1cccc(OC)c1C(=O)Nc1cccc2ncccc12. The molecule has 0 spiro atoms. The molecule has 0 saturated carbocycles. The number of amides is 1. The normalized spacial score (nSPS) is 10.3. The average molecular weight is 308 g/mol. The zero-order valence-electron chi connectivity index (χ0n) is 12.9. The zero-order chi connectivity index (χ0) is 16.2. The molecule has 1 N–H and O–H groups in total. The Bertz CT molecular complexity index is 834. The van der Waals surface area contributed by atoms with Crippen molar-refractivity contribution < 1.29 is 14.3 Å². The lowest BCUT2D eigenvalue weighted by atomic mass is 10.1. The van der Waals surface area contributed by atoms with Crippen molar-refractivity contribution in [3.8, 4) is 11.5 Å². The number of carbonyl (C=O) groups is 1. The molecule has 0 radical (unpaired) electrons. The Morgan fingerprint density at radius 2 is 1.65 bits per heavy atom. The van der Waals surface area contributed by atoms with Gasteiger partial charge in [-0.2, -0.15) is 0 Å². The Kier molecular flexibility index (Phi) is 4.10. The molecule has 0 unspecified atom stereocenters. The molecule has 0 aliphatic rings. The molecule has 5 nitrogen and oxygen atoms in total. The molecular weight excluding hydrogens is 292 g/mol. The van der Waals surface area contributed by atoms with Gasteiger partial charge in [0.2, 0.25) is 0 Å². The van der Waals surface area contributed by atoms with E-state index in [9.17, 15) is 4.79 Å². The van der Waals surface area contributed by atoms with Crippen molar-refractivity contribution in [2.45, 2.75) is 0 Å². The molecule has 3 aromatic rings. The fourth-order valence-electron chi connectivity index (χ4n) is 2.47. The molecule has 1 aromatic heterocycles. The lowest BCUT2D eigenvalue weighted by Crippen LogP contribution is -2.14. The molecule has 0 bridgehead atoms. The number of anilines is 1. The first-order valence-corrected chi connectivity index (χ1v) is 7.10. The number of nitrogens with one attached hydrogen (secondary N) is 1. The fraction of sp³-hybridized carbons (Fsp3) is 0.111. The second-order valence-electron chi connectivity index (χ2n) is 4.87. The number of hydrogen-bond acceptors (Lipinski definition) is 4. The van der Waals surface area contributed by atoms with Gasteiger partial charge >= 0.3 is 0 Å². The number of benzene rings is 2. The molecule has 0 aliphatic heterocycles. The molecule has 0 atom stereocenters. The molecule has 3 rings (SSSR count). The number of nitrogens with zero attached hydrogens (tertiary/aromatic N) is 1. The third kappa shape index (κ3) is 2.81. The van der Waals surface area contributed by atoms with Crippen LogP contribution in [0.15, 0.2) is 54.7 Å². The van der Waals surface area contributed by atoms with E-state index in [1.807, 2.05) is 30.3 Å². The van der Waals surface area contributed by atoms with Gasteiger partial charge in [-0.05, 0) is 36.4 Å². The minimum absolute atomic E-state index is 0.296. The van der Waals surface area contributed by atoms with Crippen molar-refractivity contribution in [3.05, 3.63) is 60.3 Å². The van der Waals surface area contributed by atoms with Crippen LogP contribution in [0.3, 0.4) is 0 Å². The maximum Gasteiger partial charge on any atom is 0.263 e. The molecule has 2 aromatic carbocycles. The van der Waals surface area contributed by atoms with Crippen molar-refractivity contribution in [2.75, 3.05) is 19.5 Å². The van der Waals surface area contributed by atoms with Gasteiger partial charge in [-0.1, -0.05) is 12.1 Å². The zero-order valence-corrected chi connectivity index (χ0v) is 12.9. The number of methoxy groups -OCH3 is 2. The van der Waals surface area contributed by atoms with Gasteiger partial charge in [0, 0.05) is 11.6 Å². The number of pyridine rings is 1. The maximum atomic E-state index is 12.7. The predicted molar refractivity (Wildman–Crippen MR) is 89.2 cm³/mol. The molecule has 5 heteroatoms. The highest BCUT2D eigenvalue weighted by molar-refractivity contribution is 6.11. The number of ether oxygens (including phenoxy) is 2. The molecule has 1 heterocycles. The van der Waals surface area contributed by atoms with E-state index in [1.54, 1.807) is 24.4 Å². The summed E-state index contributed by atoms with van der Waals surface area (Å²) >= 11 is 0. The Labute approximate surface area is 133 Å². The monoisotopic (exact) mass is 308 g/mol. The number of fused-ring (bicyclic) bond motifs is 1. The van der Waals surface area contributed by atoms with E-state index in [-0.39, 0.29) is 5.91 Å². The summed E-state index contributed by atoms with van der Waals surface area (Å²) in [5, 5.41) is 3.78. The molecule has 0 fully saturated rings. The molecule has 0 aliphatic carbocycles. The van der Waals surface area contributed by atoms with Gasteiger partial charge in [-0.15, -0.1) is 0 Å². The highest BCUT2D eigenvalue weighted by Crippen LogP contribution is 2.30. The number of carbonyl (C=O) groups excluding carboxylic acids is 1. The van der Waals surface area contributed by atoms with Crippen molar-refractivity contribution in [1.29, 1.82) is 0 Å². The van der Waals surface area contributed by atoms with Crippen molar-refractivity contribution in [1.82, 2.24) is 4.98 Å². The largest absolute Gasteiger partial charge is 0.496 e. The lowest BCUT2D eigenvalue weighted by Gasteiger charge is -2.14. The van der Waals surface area contributed by atoms with Gasteiger partial charge in [0.1, 0.15) is 17.1 Å². The quantitative estimate of drug-likeness (QED) is 0.801. The maximum absolute atomic E-state index is 12.7. The van der Waals surface area contributed by atoms with Crippen LogP contribution in [0, 0.1) is 0 Å². The summed E-state index contributed by atoms with van der Waals surface area (Å²) in [7, 11) is 3.04. The van der Waals surface area contributed by atoms with Crippen LogP contribution in [0.5, 0.6) is 11.5 Å². The third-order valence-corrected chi connectivity index (χ3v) is 3.55. The predicted octanol–water partition coefficient (Wildman–Crippen LogP) is 3.50. The van der Waals surface area contributed by atoms with Crippen LogP contribution >= 0.6 is 0 Å². The number of aromatic nitrogens is 1. The fourth-order valence-corrected chi connectivity index (χ4v) is 2.47. The molecular formula is C18H16N2O3. The highest BCUT2D eigenvalue weighted by Gasteiger charge is 2.18. The van der Waals surface area contributed by atoms with Gasteiger partial charge in [0.25, 0.3) is 5.91 Å². The van der Waals surface area contributed by atoms with E-state index >= 15 is 0 Å². The van der Waals surface area contributed by atoms with Crippen LogP contribution in [-0.2, 0) is 0 Å². The first kappa shape index (κ1) is 14.8. The van der Waals surface area contributed by atoms with Gasteiger partial charge in [-0.25, -0.2) is 0 Å². The topological polar surface area (TPSA) is 60.5 Å². The average Bonchev–Trinajstić information content (AvgIpc) is 2.61. The lowest BCUT2D eigenvalue weighted by molar-refractivity contribution is 0.102. The van der Waals surface area contributed by atoms with Crippen molar-refractivity contribution in [3.63, 3.8) is 0 Å². The Hall–Kier alpha value is -3.08. The molecule has 0 saturated heterocycles. The van der Waals surface area contributed by atoms with Gasteiger partial charge < -0.3 is 14.8 Å². The van der Waals surface area contributed by atoms with E-state index in [0.717, 1.165) is 10.9 Å². The van der Waals surface area contributed by atoms with Gasteiger partial charge in [0.15, 0.2) is 0 Å². The van der Waals surface area contributed by atoms with Gasteiger partial charge in [-0.3, -0.25) is 9.78 Å². The first-order chi connectivity index (χ1) is 11.2. The van der Waals surface area contributed by atoms with E-state index in [4.69, 9.17) is 9.47 Å². The van der Waals surface area contributed by atoms with Crippen molar-refractivity contribution in [2.24, 2.45) is 0 Å². The third-order valence-electron chi connectivity index (χ3n) is 3.55. The summed E-state index contributed by atoms with van der Waals surface area (Å²) in [5.41, 5.74) is 1.87. The highest BCUT2D eigenvalue weighted by atomic mass is 16.5. The molecule has 1 amide bonds. The second-order valence-corrected chi connectivity index (χ2v) is 4.87. The standard InChI is InChI=1S/C18H16N2O3/c1-22-15-9-4-10-16(23-2)17(15)18(21)20-14-8-3-7-13-12(14)6-5-11-19-13/h3-11H,1-2H3,(H,20,21). The summed E-state index contributed by atoms with van der Waals surface area (Å²) in [6, 6.07) is 14.6. The van der Waals surface area contributed by atoms with Crippen LogP contribution in [0.2, 0.25) is 0 Å². The van der Waals surface area contributed by atoms with Crippen LogP contribution < -0.4 is 14.8 Å². The summed E-state index contributed by atoms with van der Waals surface area (Å²) in [6.45, 7) is 0. The summed E-state index contributed by atoms with van der Waals surface area (Å²) in [5.74, 6) is 0.621. The number of rotatable bonds is 4. The number of hydrogen-bond donors (Lipinski definition) is 1. The smallest absolute Gasteiger partial charge is 0.263 e. The first-order valence-electron chi connectivity index (χ1n) is 7.10. The molecule has 23 heavy (non-hydrogen) atoms. The van der Waals surface area contributed by atoms with Crippen LogP contribution in [0.25, 0.3) is 10.9 Å². The van der Waals surface area contributed by atoms with E-state index in [2.05, 4.69) is 10.3 Å². The van der Waals surface area contributed by atoms with Crippen LogP contribution in [0.1, 0.15) is 10.4 Å². The van der Waals surface area contributed by atoms with Crippen LogP contribution in [-0.4, -0.2) is 25.1 Å². The van der Waals surface area contributed by atoms with E-state index in [0.29, 0.717) is 22.7 Å². The summed E-state index contributed by atoms with van der Waals surface area (Å²) < 4.78 is 10.6. The van der Waals surface area contributed by atoms with E-state index < -0.39 is 0 Å². The molecule has 116 valence electrons. The van der Waals surface area contributed by atoms with Gasteiger partial charge in [0.05, 0.1) is 25.4 Å². The summed E-state index contributed by atoms with van der Waals surface area (Å²) in [6.07, 6.45) is 1.72.